The Balaban J connectivity index is 2.03. The molecular weight excluding hydrogens is 210 g/mol. The average Bonchev–Trinajstić information content (AvgIpc) is 2.75. The standard InChI is InChI=1S/C14H23N3/c1-10-3-4-11(7-10)14(16-2)8-12-9-17-6-5-13(12)15/h5-6,9-11,14,16H,3-4,7-8H2,1-2H3,(H2,15,17). The van der Waals surface area contributed by atoms with E-state index in [0.717, 1.165) is 23.9 Å². The molecule has 0 saturated heterocycles. The molecule has 1 aliphatic carbocycles. The summed E-state index contributed by atoms with van der Waals surface area (Å²) < 4.78 is 0. The first-order valence-corrected chi connectivity index (χ1v) is 6.56. The first-order chi connectivity index (χ1) is 8.20. The van der Waals surface area contributed by atoms with Gasteiger partial charge in [0.15, 0.2) is 0 Å². The van der Waals surface area contributed by atoms with Crippen LogP contribution >= 0.6 is 0 Å². The Morgan fingerprint density at radius 2 is 2.35 bits per heavy atom. The van der Waals surface area contributed by atoms with Gasteiger partial charge < -0.3 is 11.1 Å². The van der Waals surface area contributed by atoms with Gasteiger partial charge in [0.2, 0.25) is 0 Å². The maximum Gasteiger partial charge on any atom is 0.0378 e. The lowest BCUT2D eigenvalue weighted by atomic mass is 9.91. The molecule has 1 aromatic heterocycles. The Labute approximate surface area is 104 Å². The smallest absolute Gasteiger partial charge is 0.0378 e. The third-order valence-corrected chi connectivity index (χ3v) is 4.06. The number of nitrogens with two attached hydrogens (primary N) is 1. The highest BCUT2D eigenvalue weighted by Crippen LogP contribution is 2.33. The van der Waals surface area contributed by atoms with Gasteiger partial charge >= 0.3 is 0 Å². The molecule has 0 radical (unpaired) electrons. The summed E-state index contributed by atoms with van der Waals surface area (Å²) in [5, 5.41) is 3.46. The topological polar surface area (TPSA) is 50.9 Å². The van der Waals surface area contributed by atoms with E-state index in [9.17, 15) is 0 Å². The zero-order valence-corrected chi connectivity index (χ0v) is 10.8. The molecule has 1 fully saturated rings. The van der Waals surface area contributed by atoms with Crippen LogP contribution in [0.4, 0.5) is 5.69 Å². The van der Waals surface area contributed by atoms with Crippen LogP contribution in [0.5, 0.6) is 0 Å². The molecule has 0 aliphatic heterocycles. The summed E-state index contributed by atoms with van der Waals surface area (Å²) in [5.41, 5.74) is 8.02. The minimum absolute atomic E-state index is 0.534. The first-order valence-electron chi connectivity index (χ1n) is 6.56. The van der Waals surface area contributed by atoms with Gasteiger partial charge in [0.1, 0.15) is 0 Å². The van der Waals surface area contributed by atoms with Crippen LogP contribution < -0.4 is 11.1 Å². The van der Waals surface area contributed by atoms with Crippen LogP contribution in [0, 0.1) is 11.8 Å². The zero-order chi connectivity index (χ0) is 12.3. The van der Waals surface area contributed by atoms with E-state index < -0.39 is 0 Å². The van der Waals surface area contributed by atoms with Gasteiger partial charge in [-0.2, -0.15) is 0 Å². The van der Waals surface area contributed by atoms with Crippen molar-refractivity contribution < 1.29 is 0 Å². The van der Waals surface area contributed by atoms with Crippen molar-refractivity contribution in [3.63, 3.8) is 0 Å². The Morgan fingerprint density at radius 3 is 2.94 bits per heavy atom. The van der Waals surface area contributed by atoms with Gasteiger partial charge in [0, 0.05) is 24.1 Å². The molecule has 94 valence electrons. The van der Waals surface area contributed by atoms with Crippen LogP contribution in [0.25, 0.3) is 0 Å². The molecule has 0 bridgehead atoms. The van der Waals surface area contributed by atoms with Crippen molar-refractivity contribution in [3.8, 4) is 0 Å². The van der Waals surface area contributed by atoms with Crippen LogP contribution in [0.3, 0.4) is 0 Å². The van der Waals surface area contributed by atoms with Crippen molar-refractivity contribution in [1.29, 1.82) is 0 Å². The number of nitrogens with one attached hydrogen (secondary N) is 1. The molecule has 1 aromatic rings. The molecule has 3 atom stereocenters. The summed E-state index contributed by atoms with van der Waals surface area (Å²) in [7, 11) is 2.06. The molecule has 1 saturated carbocycles. The van der Waals surface area contributed by atoms with Crippen LogP contribution in [-0.2, 0) is 6.42 Å². The number of likely N-dealkylation sites (N-methyl/N-ethyl adjacent to an activating group) is 1. The molecule has 0 amide bonds. The lowest BCUT2D eigenvalue weighted by Crippen LogP contribution is -2.34. The van der Waals surface area contributed by atoms with Crippen molar-refractivity contribution in [2.24, 2.45) is 11.8 Å². The number of hydrogen-bond acceptors (Lipinski definition) is 3. The second kappa shape index (κ2) is 5.50. The molecule has 0 spiro atoms. The fourth-order valence-corrected chi connectivity index (χ4v) is 2.97. The minimum atomic E-state index is 0.534. The fraction of sp³-hybridized carbons (Fsp3) is 0.643. The van der Waals surface area contributed by atoms with E-state index in [1.807, 2.05) is 12.3 Å². The third-order valence-electron chi connectivity index (χ3n) is 4.06. The van der Waals surface area contributed by atoms with E-state index in [4.69, 9.17) is 5.73 Å². The van der Waals surface area contributed by atoms with Gasteiger partial charge in [-0.05, 0) is 49.8 Å². The third kappa shape index (κ3) is 2.97. The van der Waals surface area contributed by atoms with E-state index in [2.05, 4.69) is 24.3 Å². The Bertz CT molecular complexity index is 364. The van der Waals surface area contributed by atoms with Crippen molar-refractivity contribution >= 4 is 5.69 Å². The zero-order valence-electron chi connectivity index (χ0n) is 10.8. The van der Waals surface area contributed by atoms with Gasteiger partial charge in [-0.15, -0.1) is 0 Å². The summed E-state index contributed by atoms with van der Waals surface area (Å²) in [4.78, 5) is 4.17. The first kappa shape index (κ1) is 12.4. The Hall–Kier alpha value is -1.09. The molecule has 0 aromatic carbocycles. The van der Waals surface area contributed by atoms with Crippen LogP contribution in [0.1, 0.15) is 31.7 Å². The van der Waals surface area contributed by atoms with Gasteiger partial charge in [-0.1, -0.05) is 13.3 Å². The summed E-state index contributed by atoms with van der Waals surface area (Å²) in [6, 6.07) is 2.42. The van der Waals surface area contributed by atoms with Gasteiger partial charge in [0.25, 0.3) is 0 Å². The normalized spacial score (nSPS) is 26.0. The van der Waals surface area contributed by atoms with Gasteiger partial charge in [-0.3, -0.25) is 4.98 Å². The maximum atomic E-state index is 5.98. The van der Waals surface area contributed by atoms with E-state index >= 15 is 0 Å². The van der Waals surface area contributed by atoms with Crippen molar-refractivity contribution in [3.05, 3.63) is 24.0 Å². The summed E-state index contributed by atoms with van der Waals surface area (Å²) >= 11 is 0. The second-order valence-corrected chi connectivity index (χ2v) is 5.35. The quantitative estimate of drug-likeness (QED) is 0.838. The largest absolute Gasteiger partial charge is 0.398 e. The number of hydrogen-bond donors (Lipinski definition) is 2. The Kier molecular flexibility index (Phi) is 4.00. The maximum absolute atomic E-state index is 5.98. The minimum Gasteiger partial charge on any atom is -0.398 e. The number of nitrogen functional groups attached to an aromatic ring is 1. The van der Waals surface area contributed by atoms with E-state index in [1.165, 1.54) is 24.8 Å². The van der Waals surface area contributed by atoms with E-state index in [1.54, 1.807) is 6.20 Å². The molecule has 1 heterocycles. The molecule has 1 aliphatic rings. The fourth-order valence-electron chi connectivity index (χ4n) is 2.97. The molecule has 3 nitrogen and oxygen atoms in total. The number of pyridine rings is 1. The summed E-state index contributed by atoms with van der Waals surface area (Å²) in [5.74, 6) is 1.66. The summed E-state index contributed by atoms with van der Waals surface area (Å²) in [6.07, 6.45) is 8.69. The monoisotopic (exact) mass is 233 g/mol. The average molecular weight is 233 g/mol. The SMILES string of the molecule is CNC(Cc1cnccc1N)C1CCC(C)C1. The van der Waals surface area contributed by atoms with Crippen molar-refractivity contribution in [2.75, 3.05) is 12.8 Å². The van der Waals surface area contributed by atoms with Crippen LogP contribution in [0.2, 0.25) is 0 Å². The molecular formula is C14H23N3. The number of aromatic nitrogens is 1. The number of anilines is 1. The highest BCUT2D eigenvalue weighted by atomic mass is 14.9. The molecule has 2 rings (SSSR count). The lowest BCUT2D eigenvalue weighted by Gasteiger charge is -2.23. The second-order valence-electron chi connectivity index (χ2n) is 5.35. The van der Waals surface area contributed by atoms with Crippen LogP contribution in [-0.4, -0.2) is 18.1 Å². The highest BCUT2D eigenvalue weighted by Gasteiger charge is 2.28. The molecule has 17 heavy (non-hydrogen) atoms. The van der Waals surface area contributed by atoms with E-state index in [0.29, 0.717) is 6.04 Å². The molecule has 3 N–H and O–H groups in total. The number of nitrogens with zero attached hydrogens (tertiary/aromatic N) is 1. The van der Waals surface area contributed by atoms with E-state index in [-0.39, 0.29) is 0 Å². The van der Waals surface area contributed by atoms with Gasteiger partial charge in [0.05, 0.1) is 0 Å². The molecule has 3 unspecified atom stereocenters. The number of rotatable bonds is 4. The lowest BCUT2D eigenvalue weighted by molar-refractivity contribution is 0.367. The highest BCUT2D eigenvalue weighted by molar-refractivity contribution is 5.44. The van der Waals surface area contributed by atoms with Crippen molar-refractivity contribution in [2.45, 2.75) is 38.6 Å². The van der Waals surface area contributed by atoms with Crippen LogP contribution in [0.15, 0.2) is 18.5 Å². The summed E-state index contributed by atoms with van der Waals surface area (Å²) in [6.45, 7) is 2.35. The molecule has 3 heteroatoms. The van der Waals surface area contributed by atoms with Crippen molar-refractivity contribution in [1.82, 2.24) is 10.3 Å². The Morgan fingerprint density at radius 1 is 1.53 bits per heavy atom. The predicted octanol–water partition coefficient (Wildman–Crippen LogP) is 2.23. The van der Waals surface area contributed by atoms with Gasteiger partial charge in [-0.25, -0.2) is 0 Å². The predicted molar refractivity (Wildman–Crippen MR) is 71.7 cm³/mol.